The molecule has 106 valence electrons. The Morgan fingerprint density at radius 3 is 2.65 bits per heavy atom. The van der Waals surface area contributed by atoms with E-state index in [0.29, 0.717) is 16.6 Å². The number of hydrogen-bond acceptors (Lipinski definition) is 3. The Hall–Kier alpha value is -1.26. The summed E-state index contributed by atoms with van der Waals surface area (Å²) in [5.74, 6) is 1.26. The first-order chi connectivity index (χ1) is 9.36. The van der Waals surface area contributed by atoms with Crippen LogP contribution in [0.2, 0.25) is 5.02 Å². The summed E-state index contributed by atoms with van der Waals surface area (Å²) in [4.78, 5) is 20.0. The maximum atomic E-state index is 11.7. The molecule has 0 fully saturated rings. The van der Waals surface area contributed by atoms with Gasteiger partial charge in [0.05, 0.1) is 16.5 Å². The van der Waals surface area contributed by atoms with Crippen LogP contribution in [-0.4, -0.2) is 9.97 Å². The fourth-order valence-corrected chi connectivity index (χ4v) is 2.78. The van der Waals surface area contributed by atoms with E-state index in [0.717, 1.165) is 10.6 Å². The number of hydrogen-bond donors (Lipinski definition) is 1. The molecular formula is C15H17ClN2OS. The lowest BCUT2D eigenvalue weighted by Gasteiger charge is -2.17. The van der Waals surface area contributed by atoms with Gasteiger partial charge in [0.2, 0.25) is 0 Å². The molecule has 0 bridgehead atoms. The average molecular weight is 309 g/mol. The van der Waals surface area contributed by atoms with E-state index in [1.54, 1.807) is 17.8 Å². The monoisotopic (exact) mass is 308 g/mol. The molecule has 1 aromatic heterocycles. The Balaban J connectivity index is 2.20. The SMILES string of the molecule is CC(C)(C)c1cc(=O)[nH]c(CSc2ccccc2Cl)n1. The summed E-state index contributed by atoms with van der Waals surface area (Å²) in [5, 5.41) is 0.715. The van der Waals surface area contributed by atoms with Gasteiger partial charge in [-0.25, -0.2) is 4.98 Å². The van der Waals surface area contributed by atoms with Crippen molar-refractivity contribution in [1.29, 1.82) is 0 Å². The average Bonchev–Trinajstić information content (AvgIpc) is 2.36. The molecule has 3 nitrogen and oxygen atoms in total. The molecule has 0 atom stereocenters. The summed E-state index contributed by atoms with van der Waals surface area (Å²) >= 11 is 7.68. The van der Waals surface area contributed by atoms with Gasteiger partial charge in [-0.1, -0.05) is 44.5 Å². The van der Waals surface area contributed by atoms with Crippen molar-refractivity contribution < 1.29 is 0 Å². The third kappa shape index (κ3) is 3.87. The lowest BCUT2D eigenvalue weighted by atomic mass is 9.92. The summed E-state index contributed by atoms with van der Waals surface area (Å²) in [6, 6.07) is 9.21. The molecule has 0 aliphatic rings. The highest BCUT2D eigenvalue weighted by molar-refractivity contribution is 7.98. The van der Waals surface area contributed by atoms with Gasteiger partial charge >= 0.3 is 0 Å². The van der Waals surface area contributed by atoms with Crippen molar-refractivity contribution in [2.24, 2.45) is 0 Å². The van der Waals surface area contributed by atoms with Crippen LogP contribution in [0.15, 0.2) is 40.0 Å². The Bertz CT molecular complexity index is 661. The van der Waals surface area contributed by atoms with Crippen LogP contribution in [0.3, 0.4) is 0 Å². The first-order valence-electron chi connectivity index (χ1n) is 6.34. The zero-order valence-electron chi connectivity index (χ0n) is 11.7. The van der Waals surface area contributed by atoms with Gasteiger partial charge in [0.15, 0.2) is 0 Å². The Kier molecular flexibility index (Phi) is 4.55. The van der Waals surface area contributed by atoms with E-state index in [4.69, 9.17) is 11.6 Å². The van der Waals surface area contributed by atoms with Gasteiger partial charge in [0.1, 0.15) is 5.82 Å². The largest absolute Gasteiger partial charge is 0.310 e. The summed E-state index contributed by atoms with van der Waals surface area (Å²) < 4.78 is 0. The molecule has 0 spiro atoms. The molecule has 2 aromatic rings. The van der Waals surface area contributed by atoms with Gasteiger partial charge in [-0.15, -0.1) is 11.8 Å². The van der Waals surface area contributed by atoms with Crippen molar-refractivity contribution in [2.75, 3.05) is 0 Å². The number of rotatable bonds is 3. The topological polar surface area (TPSA) is 45.8 Å². The fourth-order valence-electron chi connectivity index (χ4n) is 1.67. The normalized spacial score (nSPS) is 11.6. The van der Waals surface area contributed by atoms with Gasteiger partial charge in [-0.05, 0) is 12.1 Å². The van der Waals surface area contributed by atoms with Crippen LogP contribution in [0.25, 0.3) is 0 Å². The molecule has 1 heterocycles. The number of H-pyrrole nitrogens is 1. The maximum absolute atomic E-state index is 11.7. The van der Waals surface area contributed by atoms with E-state index in [1.165, 1.54) is 0 Å². The van der Waals surface area contributed by atoms with Gasteiger partial charge < -0.3 is 4.98 Å². The molecule has 2 rings (SSSR count). The van der Waals surface area contributed by atoms with Crippen LogP contribution < -0.4 is 5.56 Å². The number of aromatic amines is 1. The summed E-state index contributed by atoms with van der Waals surface area (Å²) in [6.07, 6.45) is 0. The third-order valence-corrected chi connectivity index (χ3v) is 4.29. The second kappa shape index (κ2) is 6.02. The van der Waals surface area contributed by atoms with Gasteiger partial charge in [0.25, 0.3) is 5.56 Å². The van der Waals surface area contributed by atoms with E-state index in [1.807, 2.05) is 45.0 Å². The molecular weight excluding hydrogens is 292 g/mol. The highest BCUT2D eigenvalue weighted by atomic mass is 35.5. The van der Waals surface area contributed by atoms with Crippen molar-refractivity contribution in [3.05, 3.63) is 57.2 Å². The standard InChI is InChI=1S/C15H17ClN2OS/c1-15(2,3)12-8-14(19)18-13(17-12)9-20-11-7-5-4-6-10(11)16/h4-8H,9H2,1-3H3,(H,17,18,19). The Morgan fingerprint density at radius 1 is 1.30 bits per heavy atom. The van der Waals surface area contributed by atoms with E-state index < -0.39 is 0 Å². The number of nitrogens with one attached hydrogen (secondary N) is 1. The maximum Gasteiger partial charge on any atom is 0.251 e. The van der Waals surface area contributed by atoms with E-state index in [9.17, 15) is 4.79 Å². The molecule has 0 unspecified atom stereocenters. The van der Waals surface area contributed by atoms with Crippen molar-refractivity contribution in [3.63, 3.8) is 0 Å². The van der Waals surface area contributed by atoms with Crippen LogP contribution >= 0.6 is 23.4 Å². The van der Waals surface area contributed by atoms with Crippen LogP contribution in [-0.2, 0) is 11.2 Å². The molecule has 1 N–H and O–H groups in total. The van der Waals surface area contributed by atoms with Crippen LogP contribution in [0, 0.1) is 0 Å². The molecule has 1 aromatic carbocycles. The second-order valence-electron chi connectivity index (χ2n) is 5.55. The lowest BCUT2D eigenvalue weighted by molar-refractivity contribution is 0.562. The number of halogens is 1. The third-order valence-electron chi connectivity index (χ3n) is 2.76. The van der Waals surface area contributed by atoms with E-state index in [2.05, 4.69) is 9.97 Å². The highest BCUT2D eigenvalue weighted by Gasteiger charge is 2.17. The van der Waals surface area contributed by atoms with Crippen LogP contribution in [0.5, 0.6) is 0 Å². The Labute approximate surface area is 127 Å². The minimum Gasteiger partial charge on any atom is -0.310 e. The van der Waals surface area contributed by atoms with Gasteiger partial charge in [-0.2, -0.15) is 0 Å². The lowest BCUT2D eigenvalue weighted by Crippen LogP contribution is -2.20. The molecule has 5 heteroatoms. The zero-order valence-corrected chi connectivity index (χ0v) is 13.3. The van der Waals surface area contributed by atoms with Crippen LogP contribution in [0.1, 0.15) is 32.3 Å². The molecule has 0 aliphatic carbocycles. The first kappa shape index (κ1) is 15.1. The van der Waals surface area contributed by atoms with E-state index >= 15 is 0 Å². The molecule has 0 amide bonds. The predicted octanol–water partition coefficient (Wildman–Crippen LogP) is 4.01. The number of thioether (sulfide) groups is 1. The smallest absolute Gasteiger partial charge is 0.251 e. The summed E-state index contributed by atoms with van der Waals surface area (Å²) in [5.41, 5.74) is 0.550. The highest BCUT2D eigenvalue weighted by Crippen LogP contribution is 2.28. The summed E-state index contributed by atoms with van der Waals surface area (Å²) in [7, 11) is 0. The first-order valence-corrected chi connectivity index (χ1v) is 7.70. The molecule has 0 radical (unpaired) electrons. The Morgan fingerprint density at radius 2 is 2.00 bits per heavy atom. The molecule has 0 saturated heterocycles. The molecule has 20 heavy (non-hydrogen) atoms. The van der Waals surface area contributed by atoms with E-state index in [-0.39, 0.29) is 11.0 Å². The predicted molar refractivity (Wildman–Crippen MR) is 84.6 cm³/mol. The minimum absolute atomic E-state index is 0.111. The molecule has 0 saturated carbocycles. The fraction of sp³-hybridized carbons (Fsp3) is 0.333. The summed E-state index contributed by atoms with van der Waals surface area (Å²) in [6.45, 7) is 6.12. The van der Waals surface area contributed by atoms with Crippen molar-refractivity contribution >= 4 is 23.4 Å². The molecule has 0 aliphatic heterocycles. The van der Waals surface area contributed by atoms with Gasteiger partial charge in [-0.3, -0.25) is 4.79 Å². The van der Waals surface area contributed by atoms with Crippen molar-refractivity contribution in [2.45, 2.75) is 36.8 Å². The van der Waals surface area contributed by atoms with Crippen molar-refractivity contribution in [3.8, 4) is 0 Å². The van der Waals surface area contributed by atoms with Crippen molar-refractivity contribution in [1.82, 2.24) is 9.97 Å². The number of nitrogens with zero attached hydrogens (tertiary/aromatic N) is 1. The number of aromatic nitrogens is 2. The van der Waals surface area contributed by atoms with Crippen LogP contribution in [0.4, 0.5) is 0 Å². The zero-order chi connectivity index (χ0) is 14.8. The minimum atomic E-state index is -0.141. The van der Waals surface area contributed by atoms with Gasteiger partial charge in [0, 0.05) is 16.4 Å². The quantitative estimate of drug-likeness (QED) is 0.871. The number of benzene rings is 1. The second-order valence-corrected chi connectivity index (χ2v) is 6.97.